The molecule has 7 heteroatoms. The first kappa shape index (κ1) is 19.8. The third-order valence-electron chi connectivity index (χ3n) is 4.32. The number of hydrogen-bond acceptors (Lipinski definition) is 5. The van der Waals surface area contributed by atoms with E-state index in [1.54, 1.807) is 13.0 Å². The molecule has 0 saturated carbocycles. The van der Waals surface area contributed by atoms with E-state index in [9.17, 15) is 9.59 Å². The van der Waals surface area contributed by atoms with E-state index in [1.807, 2.05) is 6.92 Å². The van der Waals surface area contributed by atoms with E-state index in [0.29, 0.717) is 16.5 Å². The highest BCUT2D eigenvalue weighted by molar-refractivity contribution is 7.16. The van der Waals surface area contributed by atoms with Gasteiger partial charge in [-0.25, -0.2) is 4.98 Å². The number of amides is 2. The Balaban J connectivity index is 1.60. The third kappa shape index (κ3) is 4.67. The van der Waals surface area contributed by atoms with Crippen molar-refractivity contribution in [3.8, 4) is 11.3 Å². The van der Waals surface area contributed by atoms with Crippen LogP contribution in [-0.4, -0.2) is 23.3 Å². The molecular weight excluding hydrogens is 374 g/mol. The summed E-state index contributed by atoms with van der Waals surface area (Å²) in [5, 5.41) is 5.85. The summed E-state index contributed by atoms with van der Waals surface area (Å²) in [5.74, 6) is -0.152. The molecule has 2 aromatic heterocycles. The van der Waals surface area contributed by atoms with Crippen molar-refractivity contribution in [2.75, 3.05) is 11.9 Å². The van der Waals surface area contributed by atoms with E-state index in [0.717, 1.165) is 29.0 Å². The van der Waals surface area contributed by atoms with Gasteiger partial charge in [0, 0.05) is 10.4 Å². The number of aromatic nitrogens is 1. The highest BCUT2D eigenvalue weighted by Gasteiger charge is 2.15. The van der Waals surface area contributed by atoms with Gasteiger partial charge in [-0.3, -0.25) is 9.59 Å². The summed E-state index contributed by atoms with van der Waals surface area (Å²) in [5.41, 5.74) is 3.61. The molecule has 2 N–H and O–H groups in total. The van der Waals surface area contributed by atoms with E-state index in [-0.39, 0.29) is 18.4 Å². The number of benzene rings is 1. The Labute approximate surface area is 168 Å². The fourth-order valence-corrected chi connectivity index (χ4v) is 3.73. The number of furan rings is 1. The summed E-state index contributed by atoms with van der Waals surface area (Å²) in [6, 6.07) is 9.93. The van der Waals surface area contributed by atoms with Crippen LogP contribution in [0.5, 0.6) is 0 Å². The largest absolute Gasteiger partial charge is 0.469 e. The standard InChI is InChI=1S/C21H23N3O3S/c1-4-5-15-6-8-16(9-7-15)19-14(3)28-21(24-19)23-18(25)12-22-20(26)17-10-11-27-13(17)2/h6-11H,4-5,12H2,1-3H3,(H,22,26)(H,23,24,25). The Morgan fingerprint density at radius 2 is 1.89 bits per heavy atom. The maximum absolute atomic E-state index is 12.2. The highest BCUT2D eigenvalue weighted by Crippen LogP contribution is 2.30. The van der Waals surface area contributed by atoms with Gasteiger partial charge in [-0.2, -0.15) is 0 Å². The Morgan fingerprint density at radius 3 is 2.54 bits per heavy atom. The second kappa shape index (κ2) is 8.84. The number of rotatable bonds is 7. The van der Waals surface area contributed by atoms with Gasteiger partial charge in [0.05, 0.1) is 24.1 Å². The monoisotopic (exact) mass is 397 g/mol. The first-order valence-corrected chi connectivity index (χ1v) is 9.98. The van der Waals surface area contributed by atoms with E-state index in [1.165, 1.54) is 23.2 Å². The molecule has 2 heterocycles. The smallest absolute Gasteiger partial charge is 0.255 e. The molecule has 28 heavy (non-hydrogen) atoms. The molecule has 1 aromatic carbocycles. The summed E-state index contributed by atoms with van der Waals surface area (Å²) in [6.45, 7) is 5.70. The van der Waals surface area contributed by atoms with Crippen molar-refractivity contribution < 1.29 is 14.0 Å². The van der Waals surface area contributed by atoms with Gasteiger partial charge in [-0.1, -0.05) is 37.6 Å². The average Bonchev–Trinajstić information content (AvgIpc) is 3.26. The van der Waals surface area contributed by atoms with Crippen LogP contribution in [0.2, 0.25) is 0 Å². The van der Waals surface area contributed by atoms with Gasteiger partial charge in [0.1, 0.15) is 5.76 Å². The van der Waals surface area contributed by atoms with Crippen LogP contribution in [-0.2, 0) is 11.2 Å². The van der Waals surface area contributed by atoms with E-state index in [2.05, 4.69) is 46.8 Å². The zero-order chi connectivity index (χ0) is 20.1. The van der Waals surface area contributed by atoms with Crippen LogP contribution < -0.4 is 10.6 Å². The van der Waals surface area contributed by atoms with Gasteiger partial charge < -0.3 is 15.1 Å². The lowest BCUT2D eigenvalue weighted by Gasteiger charge is -2.04. The Kier molecular flexibility index (Phi) is 6.26. The average molecular weight is 398 g/mol. The fraction of sp³-hybridized carbons (Fsp3) is 0.286. The molecule has 0 bridgehead atoms. The lowest BCUT2D eigenvalue weighted by molar-refractivity contribution is -0.115. The van der Waals surface area contributed by atoms with Crippen LogP contribution in [0, 0.1) is 13.8 Å². The maximum atomic E-state index is 12.2. The summed E-state index contributed by atoms with van der Waals surface area (Å²) >= 11 is 1.42. The van der Waals surface area contributed by atoms with Crippen LogP contribution >= 0.6 is 11.3 Å². The molecule has 0 saturated heterocycles. The second-order valence-corrected chi connectivity index (χ2v) is 7.70. The maximum Gasteiger partial charge on any atom is 0.255 e. The number of carbonyl (C=O) groups excluding carboxylic acids is 2. The van der Waals surface area contributed by atoms with Crippen LogP contribution in [0.3, 0.4) is 0 Å². The van der Waals surface area contributed by atoms with Crippen molar-refractivity contribution in [2.45, 2.75) is 33.6 Å². The van der Waals surface area contributed by atoms with Crippen molar-refractivity contribution in [1.29, 1.82) is 0 Å². The summed E-state index contributed by atoms with van der Waals surface area (Å²) < 4.78 is 5.10. The predicted molar refractivity (Wildman–Crippen MR) is 111 cm³/mol. The number of hydrogen-bond donors (Lipinski definition) is 2. The molecule has 0 aliphatic carbocycles. The molecule has 0 unspecified atom stereocenters. The zero-order valence-corrected chi connectivity index (χ0v) is 17.0. The van der Waals surface area contributed by atoms with Gasteiger partial charge in [-0.15, -0.1) is 11.3 Å². The third-order valence-corrected chi connectivity index (χ3v) is 5.21. The molecule has 3 rings (SSSR count). The summed E-state index contributed by atoms with van der Waals surface area (Å²) in [6.07, 6.45) is 3.61. The van der Waals surface area contributed by atoms with Crippen LogP contribution in [0.4, 0.5) is 5.13 Å². The lowest BCUT2D eigenvalue weighted by Crippen LogP contribution is -2.32. The molecule has 0 aliphatic heterocycles. The fourth-order valence-electron chi connectivity index (χ4n) is 2.88. The molecule has 3 aromatic rings. The van der Waals surface area contributed by atoms with E-state index in [4.69, 9.17) is 4.42 Å². The van der Waals surface area contributed by atoms with Crippen molar-refractivity contribution in [3.63, 3.8) is 0 Å². The van der Waals surface area contributed by atoms with Crippen molar-refractivity contribution in [1.82, 2.24) is 10.3 Å². The van der Waals surface area contributed by atoms with Crippen molar-refractivity contribution in [3.05, 3.63) is 58.4 Å². The molecule has 0 spiro atoms. The Morgan fingerprint density at radius 1 is 1.14 bits per heavy atom. The van der Waals surface area contributed by atoms with Gasteiger partial charge in [0.15, 0.2) is 5.13 Å². The molecular formula is C21H23N3O3S. The van der Waals surface area contributed by atoms with Gasteiger partial charge in [0.25, 0.3) is 5.91 Å². The number of thiazole rings is 1. The summed E-state index contributed by atoms with van der Waals surface area (Å²) in [4.78, 5) is 29.8. The minimum atomic E-state index is -0.343. The highest BCUT2D eigenvalue weighted by atomic mass is 32.1. The topological polar surface area (TPSA) is 84.2 Å². The van der Waals surface area contributed by atoms with Crippen LogP contribution in [0.15, 0.2) is 41.0 Å². The first-order chi connectivity index (χ1) is 13.5. The normalized spacial score (nSPS) is 10.7. The molecule has 6 nitrogen and oxygen atoms in total. The predicted octanol–water partition coefficient (Wildman–Crippen LogP) is 4.34. The molecule has 0 radical (unpaired) electrons. The quantitative estimate of drug-likeness (QED) is 0.621. The zero-order valence-electron chi connectivity index (χ0n) is 16.2. The minimum Gasteiger partial charge on any atom is -0.469 e. The number of nitrogens with one attached hydrogen (secondary N) is 2. The minimum absolute atomic E-state index is 0.136. The van der Waals surface area contributed by atoms with Gasteiger partial charge in [0.2, 0.25) is 5.91 Å². The van der Waals surface area contributed by atoms with Gasteiger partial charge >= 0.3 is 0 Å². The molecule has 146 valence electrons. The second-order valence-electron chi connectivity index (χ2n) is 6.49. The molecule has 2 amide bonds. The van der Waals surface area contributed by atoms with E-state index >= 15 is 0 Å². The van der Waals surface area contributed by atoms with Gasteiger partial charge in [-0.05, 0) is 31.9 Å². The number of carbonyl (C=O) groups is 2. The molecule has 0 fully saturated rings. The lowest BCUT2D eigenvalue weighted by atomic mass is 10.1. The molecule has 0 atom stereocenters. The summed E-state index contributed by atoms with van der Waals surface area (Å²) in [7, 11) is 0. The Bertz CT molecular complexity index is 973. The van der Waals surface area contributed by atoms with Crippen LogP contribution in [0.1, 0.15) is 39.9 Å². The number of aryl methyl sites for hydroxylation is 3. The molecule has 0 aliphatic rings. The van der Waals surface area contributed by atoms with E-state index < -0.39 is 0 Å². The van der Waals surface area contributed by atoms with Crippen LogP contribution in [0.25, 0.3) is 11.3 Å². The van der Waals surface area contributed by atoms with Crippen molar-refractivity contribution >= 4 is 28.3 Å². The first-order valence-electron chi connectivity index (χ1n) is 9.16. The Hall–Kier alpha value is -2.93. The SMILES string of the molecule is CCCc1ccc(-c2nc(NC(=O)CNC(=O)c3ccoc3C)sc2C)cc1. The number of anilines is 1. The number of nitrogens with zero attached hydrogens (tertiary/aromatic N) is 1. The van der Waals surface area contributed by atoms with Crippen molar-refractivity contribution in [2.24, 2.45) is 0 Å².